The Hall–Kier alpha value is -1.13. The summed E-state index contributed by atoms with van der Waals surface area (Å²) in [4.78, 5) is 15.4. The molecule has 0 aromatic carbocycles. The van der Waals surface area contributed by atoms with Gasteiger partial charge in [-0.1, -0.05) is 18.2 Å². The number of nitrogens with zero attached hydrogens (tertiary/aromatic N) is 1. The Morgan fingerprint density at radius 2 is 2.42 bits per heavy atom. The Balaban J connectivity index is 1.81. The lowest BCUT2D eigenvalue weighted by atomic mass is 10.0. The largest absolute Gasteiger partial charge is 0.354 e. The molecule has 1 aromatic rings. The Morgan fingerprint density at radius 1 is 1.58 bits per heavy atom. The second-order valence-electron chi connectivity index (χ2n) is 5.27. The number of thiophene rings is 1. The van der Waals surface area contributed by atoms with Gasteiger partial charge in [0.2, 0.25) is 5.91 Å². The van der Waals surface area contributed by atoms with Crippen molar-refractivity contribution in [1.29, 1.82) is 0 Å². The minimum absolute atomic E-state index is 0.167. The van der Waals surface area contributed by atoms with Crippen LogP contribution in [0.1, 0.15) is 30.2 Å². The van der Waals surface area contributed by atoms with Crippen LogP contribution in [0, 0.1) is 5.92 Å². The van der Waals surface area contributed by atoms with Crippen LogP contribution in [0.4, 0.5) is 0 Å². The van der Waals surface area contributed by atoms with Crippen LogP contribution in [0.15, 0.2) is 29.7 Å². The van der Waals surface area contributed by atoms with Crippen LogP contribution < -0.4 is 5.32 Å². The molecule has 1 aliphatic carbocycles. The molecule has 2 rings (SSSR count). The number of carbonyl (C=O) groups is 1. The van der Waals surface area contributed by atoms with Gasteiger partial charge in [-0.3, -0.25) is 4.79 Å². The van der Waals surface area contributed by atoms with E-state index in [4.69, 9.17) is 0 Å². The predicted octanol–water partition coefficient (Wildman–Crippen LogP) is 2.82. The first-order valence-corrected chi connectivity index (χ1v) is 7.68. The lowest BCUT2D eigenvalue weighted by Crippen LogP contribution is -2.34. The molecule has 1 N–H and O–H groups in total. The summed E-state index contributed by atoms with van der Waals surface area (Å²) >= 11 is 1.74. The molecular weight excluding hydrogens is 256 g/mol. The average molecular weight is 278 g/mol. The molecule has 0 saturated heterocycles. The third kappa shape index (κ3) is 4.18. The van der Waals surface area contributed by atoms with Crippen LogP contribution in [0.5, 0.6) is 0 Å². The van der Waals surface area contributed by atoms with Crippen molar-refractivity contribution in [3.05, 3.63) is 34.5 Å². The predicted molar refractivity (Wildman–Crippen MR) is 80.2 cm³/mol. The van der Waals surface area contributed by atoms with E-state index in [0.717, 1.165) is 12.8 Å². The van der Waals surface area contributed by atoms with Crippen molar-refractivity contribution >= 4 is 17.2 Å². The molecule has 0 radical (unpaired) electrons. The van der Waals surface area contributed by atoms with Crippen LogP contribution >= 0.6 is 11.3 Å². The van der Waals surface area contributed by atoms with E-state index in [2.05, 4.69) is 54.0 Å². The highest BCUT2D eigenvalue weighted by molar-refractivity contribution is 7.10. The fraction of sp³-hybridized carbons (Fsp3) is 0.533. The van der Waals surface area contributed by atoms with Gasteiger partial charge in [0, 0.05) is 17.8 Å². The number of hydrogen-bond acceptors (Lipinski definition) is 3. The molecule has 2 atom stereocenters. The van der Waals surface area contributed by atoms with Crippen LogP contribution in [0.3, 0.4) is 0 Å². The Bertz CT molecular complexity index is 425. The van der Waals surface area contributed by atoms with Crippen molar-refractivity contribution in [2.75, 3.05) is 20.6 Å². The van der Waals surface area contributed by atoms with Crippen molar-refractivity contribution < 1.29 is 4.79 Å². The molecule has 1 aliphatic rings. The molecule has 2 unspecified atom stereocenters. The van der Waals surface area contributed by atoms with Gasteiger partial charge in [0.1, 0.15) is 0 Å². The number of hydrogen-bond donors (Lipinski definition) is 1. The van der Waals surface area contributed by atoms with Gasteiger partial charge >= 0.3 is 0 Å². The minimum atomic E-state index is 0.167. The number of allylic oxidation sites excluding steroid dienone is 2. The second-order valence-corrected chi connectivity index (χ2v) is 6.25. The van der Waals surface area contributed by atoms with Crippen molar-refractivity contribution in [3.8, 4) is 0 Å². The highest BCUT2D eigenvalue weighted by atomic mass is 32.1. The summed E-state index contributed by atoms with van der Waals surface area (Å²) in [5.41, 5.74) is 0. The van der Waals surface area contributed by atoms with Crippen molar-refractivity contribution in [3.63, 3.8) is 0 Å². The molecule has 3 nitrogen and oxygen atoms in total. The summed E-state index contributed by atoms with van der Waals surface area (Å²) < 4.78 is 0. The van der Waals surface area contributed by atoms with Gasteiger partial charge in [0.15, 0.2) is 0 Å². The number of nitrogens with one attached hydrogen (secondary N) is 1. The quantitative estimate of drug-likeness (QED) is 0.812. The first-order valence-electron chi connectivity index (χ1n) is 6.80. The van der Waals surface area contributed by atoms with Crippen LogP contribution in [-0.4, -0.2) is 31.4 Å². The molecule has 0 bridgehead atoms. The smallest absolute Gasteiger partial charge is 0.220 e. The number of amides is 1. The maximum atomic E-state index is 11.9. The van der Waals surface area contributed by atoms with Gasteiger partial charge in [-0.15, -0.1) is 11.3 Å². The van der Waals surface area contributed by atoms with E-state index < -0.39 is 0 Å². The Kier molecular flexibility index (Phi) is 5.16. The Labute approximate surface area is 119 Å². The number of likely N-dealkylation sites (N-methyl/N-ethyl adjacent to an activating group) is 1. The maximum Gasteiger partial charge on any atom is 0.220 e. The lowest BCUT2D eigenvalue weighted by molar-refractivity contribution is -0.121. The van der Waals surface area contributed by atoms with Crippen LogP contribution in [0.2, 0.25) is 0 Å². The summed E-state index contributed by atoms with van der Waals surface area (Å²) in [5, 5.41) is 5.15. The highest BCUT2D eigenvalue weighted by Gasteiger charge is 2.18. The van der Waals surface area contributed by atoms with Gasteiger partial charge in [0.25, 0.3) is 0 Å². The van der Waals surface area contributed by atoms with Gasteiger partial charge in [-0.2, -0.15) is 0 Å². The van der Waals surface area contributed by atoms with Gasteiger partial charge < -0.3 is 10.2 Å². The summed E-state index contributed by atoms with van der Waals surface area (Å²) in [5.74, 6) is 0.611. The SMILES string of the molecule is CN(C)C(CNC(=O)CC1C=CCC1)c1cccs1. The number of rotatable bonds is 6. The Morgan fingerprint density at radius 3 is 3.00 bits per heavy atom. The first-order chi connectivity index (χ1) is 9.16. The van der Waals surface area contributed by atoms with Crippen LogP contribution in [0.25, 0.3) is 0 Å². The molecule has 1 aromatic heterocycles. The monoisotopic (exact) mass is 278 g/mol. The van der Waals surface area contributed by atoms with E-state index in [1.54, 1.807) is 11.3 Å². The topological polar surface area (TPSA) is 32.3 Å². The third-order valence-corrected chi connectivity index (χ3v) is 4.52. The molecular formula is C15H22N2OS. The average Bonchev–Trinajstić information content (AvgIpc) is 3.01. The first kappa shape index (κ1) is 14.3. The van der Waals surface area contributed by atoms with E-state index >= 15 is 0 Å². The third-order valence-electron chi connectivity index (χ3n) is 3.55. The highest BCUT2D eigenvalue weighted by Crippen LogP contribution is 2.23. The van der Waals surface area contributed by atoms with Crippen LogP contribution in [-0.2, 0) is 4.79 Å². The summed E-state index contributed by atoms with van der Waals surface area (Å²) in [6.45, 7) is 0.683. The summed E-state index contributed by atoms with van der Waals surface area (Å²) in [6.07, 6.45) is 7.21. The molecule has 1 heterocycles. The van der Waals surface area contributed by atoms with Gasteiger partial charge in [0.05, 0.1) is 6.04 Å². The fourth-order valence-electron chi connectivity index (χ4n) is 2.40. The van der Waals surface area contributed by atoms with E-state index in [-0.39, 0.29) is 11.9 Å². The molecule has 19 heavy (non-hydrogen) atoms. The van der Waals surface area contributed by atoms with Gasteiger partial charge in [-0.25, -0.2) is 0 Å². The van der Waals surface area contributed by atoms with E-state index in [0.29, 0.717) is 18.9 Å². The zero-order valence-electron chi connectivity index (χ0n) is 11.6. The van der Waals surface area contributed by atoms with E-state index in [9.17, 15) is 4.79 Å². The number of carbonyl (C=O) groups excluding carboxylic acids is 1. The van der Waals surface area contributed by atoms with Crippen molar-refractivity contribution in [2.24, 2.45) is 5.92 Å². The molecule has 104 valence electrons. The zero-order chi connectivity index (χ0) is 13.7. The molecule has 0 spiro atoms. The van der Waals surface area contributed by atoms with E-state index in [1.165, 1.54) is 4.88 Å². The lowest BCUT2D eigenvalue weighted by Gasteiger charge is -2.23. The van der Waals surface area contributed by atoms with Crippen molar-refractivity contribution in [2.45, 2.75) is 25.3 Å². The normalized spacial score (nSPS) is 19.8. The zero-order valence-corrected chi connectivity index (χ0v) is 12.5. The molecule has 0 saturated carbocycles. The molecule has 0 fully saturated rings. The molecule has 0 aliphatic heterocycles. The molecule has 4 heteroatoms. The summed E-state index contributed by atoms with van der Waals surface area (Å²) in [6, 6.07) is 4.45. The van der Waals surface area contributed by atoms with E-state index in [1.807, 2.05) is 0 Å². The maximum absolute atomic E-state index is 11.9. The standard InChI is InChI=1S/C15H22N2OS/c1-17(2)13(14-8-5-9-19-14)11-16-15(18)10-12-6-3-4-7-12/h3,5-6,8-9,12-13H,4,7,10-11H2,1-2H3,(H,16,18). The fourth-order valence-corrected chi connectivity index (χ4v) is 3.33. The van der Waals surface area contributed by atoms with Gasteiger partial charge in [-0.05, 0) is 44.3 Å². The minimum Gasteiger partial charge on any atom is -0.354 e. The van der Waals surface area contributed by atoms with Crippen molar-refractivity contribution in [1.82, 2.24) is 10.2 Å². The molecule has 1 amide bonds. The second kappa shape index (κ2) is 6.87. The summed E-state index contributed by atoms with van der Waals surface area (Å²) in [7, 11) is 4.10.